The maximum absolute atomic E-state index is 9.80. The van der Waals surface area contributed by atoms with Gasteiger partial charge in [0, 0.05) is 19.5 Å². The first-order valence-electron chi connectivity index (χ1n) is 7.87. The van der Waals surface area contributed by atoms with E-state index in [1.54, 1.807) is 25.1 Å². The minimum Gasteiger partial charge on any atom is -0.493 e. The van der Waals surface area contributed by atoms with E-state index in [4.69, 9.17) is 9.47 Å². The maximum Gasteiger partial charge on any atom is 0.163 e. The summed E-state index contributed by atoms with van der Waals surface area (Å²) in [6.45, 7) is 0.497. The molecule has 132 valence electrons. The van der Waals surface area contributed by atoms with Crippen molar-refractivity contribution in [3.63, 3.8) is 0 Å². The quantitative estimate of drug-likeness (QED) is 0.672. The number of benzene rings is 1. The second-order valence-electron chi connectivity index (χ2n) is 5.60. The molecule has 0 aliphatic carbocycles. The molecule has 0 spiro atoms. The van der Waals surface area contributed by atoms with Crippen molar-refractivity contribution < 1.29 is 14.6 Å². The molecule has 0 saturated carbocycles. The number of aryl methyl sites for hydroxylation is 1. The zero-order valence-electron chi connectivity index (χ0n) is 14.4. The van der Waals surface area contributed by atoms with Crippen LogP contribution in [0.4, 0.5) is 5.82 Å². The number of hydrogen-bond donors (Lipinski definition) is 2. The summed E-state index contributed by atoms with van der Waals surface area (Å²) in [5.74, 6) is 1.86. The third-order valence-electron chi connectivity index (χ3n) is 4.14. The number of methoxy groups -OCH3 is 2. The number of nitrogens with one attached hydrogen (secondary N) is 1. The smallest absolute Gasteiger partial charge is 0.163 e. The predicted octanol–water partition coefficient (Wildman–Crippen LogP) is 1.57. The Kier molecular flexibility index (Phi) is 4.99. The van der Waals surface area contributed by atoms with Gasteiger partial charge in [-0.15, -0.1) is 0 Å². The Balaban J connectivity index is 1.80. The highest BCUT2D eigenvalue weighted by Crippen LogP contribution is 2.31. The van der Waals surface area contributed by atoms with Crippen molar-refractivity contribution in [3.8, 4) is 11.5 Å². The molecule has 3 rings (SSSR count). The lowest BCUT2D eigenvalue weighted by Gasteiger charge is -2.18. The largest absolute Gasteiger partial charge is 0.493 e. The molecule has 2 N–H and O–H groups in total. The van der Waals surface area contributed by atoms with E-state index in [9.17, 15) is 5.11 Å². The fourth-order valence-electron chi connectivity index (χ4n) is 2.72. The summed E-state index contributed by atoms with van der Waals surface area (Å²) < 4.78 is 12.3. The van der Waals surface area contributed by atoms with Crippen LogP contribution in [0.25, 0.3) is 11.0 Å². The summed E-state index contributed by atoms with van der Waals surface area (Å²) >= 11 is 0. The van der Waals surface area contributed by atoms with E-state index < -0.39 is 0 Å². The second-order valence-corrected chi connectivity index (χ2v) is 5.60. The van der Waals surface area contributed by atoms with Crippen LogP contribution in [0.5, 0.6) is 11.5 Å². The highest BCUT2D eigenvalue weighted by atomic mass is 16.5. The van der Waals surface area contributed by atoms with Crippen LogP contribution in [-0.2, 0) is 7.05 Å². The fourth-order valence-corrected chi connectivity index (χ4v) is 2.72. The minimum absolute atomic E-state index is 0.0102. The molecule has 25 heavy (non-hydrogen) atoms. The molecule has 1 unspecified atom stereocenters. The van der Waals surface area contributed by atoms with Gasteiger partial charge in [0.05, 0.1) is 32.4 Å². The molecule has 2 aromatic heterocycles. The van der Waals surface area contributed by atoms with E-state index in [2.05, 4.69) is 20.4 Å². The first kappa shape index (κ1) is 17.0. The lowest BCUT2D eigenvalue weighted by molar-refractivity contribution is 0.269. The molecule has 8 heteroatoms. The summed E-state index contributed by atoms with van der Waals surface area (Å²) in [5.41, 5.74) is 1.70. The number of aliphatic hydroxyl groups excluding tert-OH is 1. The maximum atomic E-state index is 9.80. The summed E-state index contributed by atoms with van der Waals surface area (Å²) in [6.07, 6.45) is 3.22. The van der Waals surface area contributed by atoms with E-state index in [-0.39, 0.29) is 12.5 Å². The van der Waals surface area contributed by atoms with E-state index in [1.807, 2.05) is 25.2 Å². The SMILES string of the molecule is COc1ccc(C(CO)CNc2ncnc3c2cnn3C)cc1OC. The summed E-state index contributed by atoms with van der Waals surface area (Å²) in [5, 5.41) is 18.1. The number of fused-ring (bicyclic) bond motifs is 1. The van der Waals surface area contributed by atoms with Gasteiger partial charge in [-0.3, -0.25) is 4.68 Å². The monoisotopic (exact) mass is 343 g/mol. The van der Waals surface area contributed by atoms with Crippen molar-refractivity contribution in [3.05, 3.63) is 36.3 Å². The second kappa shape index (κ2) is 7.35. The van der Waals surface area contributed by atoms with Crippen molar-refractivity contribution in [1.29, 1.82) is 0 Å². The standard InChI is InChI=1S/C17H21N5O3/c1-22-17-13(8-21-22)16(19-10-20-17)18-7-12(9-23)11-4-5-14(24-2)15(6-11)25-3/h4-6,8,10,12,23H,7,9H2,1-3H3,(H,18,19,20). The van der Waals surface area contributed by atoms with Crippen molar-refractivity contribution in [2.24, 2.45) is 7.05 Å². The minimum atomic E-state index is -0.124. The van der Waals surface area contributed by atoms with Crippen molar-refractivity contribution in [2.75, 3.05) is 32.7 Å². The Morgan fingerprint density at radius 2 is 2.00 bits per heavy atom. The van der Waals surface area contributed by atoms with E-state index in [0.717, 1.165) is 16.6 Å². The molecule has 2 heterocycles. The molecule has 3 aromatic rings. The van der Waals surface area contributed by atoms with Gasteiger partial charge >= 0.3 is 0 Å². The Hall–Kier alpha value is -2.87. The van der Waals surface area contributed by atoms with Crippen molar-refractivity contribution >= 4 is 16.9 Å². The molecule has 0 amide bonds. The third-order valence-corrected chi connectivity index (χ3v) is 4.14. The van der Waals surface area contributed by atoms with Crippen molar-refractivity contribution in [1.82, 2.24) is 19.7 Å². The van der Waals surface area contributed by atoms with Crippen molar-refractivity contribution in [2.45, 2.75) is 5.92 Å². The van der Waals surface area contributed by atoms with Crippen LogP contribution >= 0.6 is 0 Å². The Bertz CT molecular complexity index is 865. The molecule has 1 aromatic carbocycles. The first-order valence-corrected chi connectivity index (χ1v) is 7.87. The highest BCUT2D eigenvalue weighted by Gasteiger charge is 2.15. The zero-order valence-corrected chi connectivity index (χ0v) is 14.4. The molecule has 0 radical (unpaired) electrons. The average molecular weight is 343 g/mol. The van der Waals surface area contributed by atoms with Crippen LogP contribution in [0.1, 0.15) is 11.5 Å². The molecule has 0 aliphatic heterocycles. The normalized spacial score (nSPS) is 12.2. The molecule has 0 aliphatic rings. The summed E-state index contributed by atoms with van der Waals surface area (Å²) in [6, 6.07) is 5.63. The summed E-state index contributed by atoms with van der Waals surface area (Å²) in [4.78, 5) is 8.50. The fraction of sp³-hybridized carbons (Fsp3) is 0.353. The number of hydrogen-bond acceptors (Lipinski definition) is 7. The third kappa shape index (κ3) is 3.34. The van der Waals surface area contributed by atoms with Gasteiger partial charge in [0.2, 0.25) is 0 Å². The topological polar surface area (TPSA) is 94.3 Å². The van der Waals surface area contributed by atoms with Crippen LogP contribution in [0, 0.1) is 0 Å². The lowest BCUT2D eigenvalue weighted by Crippen LogP contribution is -2.17. The Morgan fingerprint density at radius 1 is 1.20 bits per heavy atom. The Morgan fingerprint density at radius 3 is 2.72 bits per heavy atom. The summed E-state index contributed by atoms with van der Waals surface area (Å²) in [7, 11) is 5.02. The van der Waals surface area contributed by atoms with Crippen LogP contribution in [0.2, 0.25) is 0 Å². The molecule has 0 saturated heterocycles. The zero-order chi connectivity index (χ0) is 17.8. The number of nitrogens with zero attached hydrogens (tertiary/aromatic N) is 4. The Labute approximate surface area is 145 Å². The lowest BCUT2D eigenvalue weighted by atomic mass is 9.99. The number of aliphatic hydroxyl groups is 1. The number of aromatic nitrogens is 4. The van der Waals surface area contributed by atoms with Gasteiger partial charge in [0.25, 0.3) is 0 Å². The van der Waals surface area contributed by atoms with Gasteiger partial charge in [-0.25, -0.2) is 9.97 Å². The van der Waals surface area contributed by atoms with Crippen LogP contribution in [0.3, 0.4) is 0 Å². The van der Waals surface area contributed by atoms with Gasteiger partial charge < -0.3 is 19.9 Å². The molecular formula is C17H21N5O3. The van der Waals surface area contributed by atoms with Gasteiger partial charge in [-0.05, 0) is 17.7 Å². The number of rotatable bonds is 7. The van der Waals surface area contributed by atoms with E-state index in [0.29, 0.717) is 23.9 Å². The number of anilines is 1. The van der Waals surface area contributed by atoms with Crippen LogP contribution in [-0.4, -0.2) is 52.2 Å². The molecular weight excluding hydrogens is 322 g/mol. The van der Waals surface area contributed by atoms with Gasteiger partial charge in [0.15, 0.2) is 17.1 Å². The molecule has 8 nitrogen and oxygen atoms in total. The molecule has 0 bridgehead atoms. The first-order chi connectivity index (χ1) is 12.2. The highest BCUT2D eigenvalue weighted by molar-refractivity contribution is 5.85. The van der Waals surface area contributed by atoms with E-state index in [1.165, 1.54) is 6.33 Å². The number of ether oxygens (including phenoxy) is 2. The van der Waals surface area contributed by atoms with Gasteiger partial charge in [-0.1, -0.05) is 6.07 Å². The van der Waals surface area contributed by atoms with Gasteiger partial charge in [-0.2, -0.15) is 5.10 Å². The van der Waals surface area contributed by atoms with Crippen LogP contribution < -0.4 is 14.8 Å². The predicted molar refractivity (Wildman–Crippen MR) is 94.2 cm³/mol. The van der Waals surface area contributed by atoms with E-state index >= 15 is 0 Å². The average Bonchev–Trinajstić information content (AvgIpc) is 3.04. The van der Waals surface area contributed by atoms with Crippen LogP contribution in [0.15, 0.2) is 30.7 Å². The molecule has 1 atom stereocenters. The molecule has 0 fully saturated rings. The van der Waals surface area contributed by atoms with Gasteiger partial charge in [0.1, 0.15) is 12.1 Å².